The summed E-state index contributed by atoms with van der Waals surface area (Å²) in [4.78, 5) is 31.5. The molecule has 2 aliphatic heterocycles. The third-order valence-corrected chi connectivity index (χ3v) is 6.73. The van der Waals surface area contributed by atoms with Crippen molar-refractivity contribution in [1.29, 1.82) is 0 Å². The highest BCUT2D eigenvalue weighted by Crippen LogP contribution is 2.23. The summed E-state index contributed by atoms with van der Waals surface area (Å²) in [6.07, 6.45) is 9.31. The molecular formula is C23H31Cl2N3O2. The summed E-state index contributed by atoms with van der Waals surface area (Å²) in [7, 11) is 0. The average molecular weight is 452 g/mol. The number of carbonyl (C=O) groups excluding carboxylic acids is 2. The molecule has 2 saturated heterocycles. The van der Waals surface area contributed by atoms with Crippen LogP contribution in [0.2, 0.25) is 10.0 Å². The molecule has 1 atom stereocenters. The van der Waals surface area contributed by atoms with Crippen LogP contribution in [0.1, 0.15) is 44.6 Å². The van der Waals surface area contributed by atoms with Crippen LogP contribution in [0.4, 0.5) is 0 Å². The molecule has 0 spiro atoms. The fourth-order valence-corrected chi connectivity index (χ4v) is 4.46. The summed E-state index contributed by atoms with van der Waals surface area (Å²) >= 11 is 11.9. The van der Waals surface area contributed by atoms with Gasteiger partial charge < -0.3 is 14.7 Å². The summed E-state index contributed by atoms with van der Waals surface area (Å²) in [6, 6.07) is 4.77. The molecule has 1 aromatic rings. The number of piperazine rings is 1. The first kappa shape index (κ1) is 23.1. The average Bonchev–Trinajstić information content (AvgIpc) is 2.75. The Kier molecular flexibility index (Phi) is 8.61. The lowest BCUT2D eigenvalue weighted by atomic mass is 10.1. The molecule has 0 bridgehead atoms. The van der Waals surface area contributed by atoms with Crippen LogP contribution in [-0.2, 0) is 9.59 Å². The van der Waals surface area contributed by atoms with Gasteiger partial charge >= 0.3 is 0 Å². The summed E-state index contributed by atoms with van der Waals surface area (Å²) in [5.74, 6) is -0.123. The first-order chi connectivity index (χ1) is 14.5. The van der Waals surface area contributed by atoms with E-state index >= 15 is 0 Å². The van der Waals surface area contributed by atoms with Gasteiger partial charge in [-0.15, -0.1) is 0 Å². The number of nitrogens with zero attached hydrogens (tertiary/aromatic N) is 3. The van der Waals surface area contributed by atoms with Crippen molar-refractivity contribution in [3.8, 4) is 0 Å². The molecule has 0 aromatic heterocycles. The quantitative estimate of drug-likeness (QED) is 0.457. The molecule has 1 unspecified atom stereocenters. The van der Waals surface area contributed by atoms with Gasteiger partial charge in [0.2, 0.25) is 11.8 Å². The van der Waals surface area contributed by atoms with E-state index < -0.39 is 6.04 Å². The number of likely N-dealkylation sites (tertiary alicyclic amines) is 1. The van der Waals surface area contributed by atoms with E-state index in [4.69, 9.17) is 23.2 Å². The second kappa shape index (κ2) is 11.2. The molecule has 2 aliphatic rings. The molecule has 1 aromatic carbocycles. The van der Waals surface area contributed by atoms with Crippen LogP contribution in [0.3, 0.4) is 0 Å². The highest BCUT2D eigenvalue weighted by molar-refractivity contribution is 6.42. The highest BCUT2D eigenvalue weighted by atomic mass is 35.5. The van der Waals surface area contributed by atoms with Gasteiger partial charge in [0, 0.05) is 25.7 Å². The van der Waals surface area contributed by atoms with E-state index in [2.05, 4.69) is 4.90 Å². The zero-order valence-electron chi connectivity index (χ0n) is 17.7. The van der Waals surface area contributed by atoms with Gasteiger partial charge in [-0.3, -0.25) is 9.59 Å². The summed E-state index contributed by atoms with van der Waals surface area (Å²) in [6.45, 7) is 7.30. The maximum absolute atomic E-state index is 12.8. The van der Waals surface area contributed by atoms with Crippen LogP contribution in [0.15, 0.2) is 24.3 Å². The van der Waals surface area contributed by atoms with Crippen molar-refractivity contribution < 1.29 is 9.59 Å². The Morgan fingerprint density at radius 2 is 1.77 bits per heavy atom. The number of benzene rings is 1. The SMILES string of the molecule is CC1C(=O)N(CCCCN2CCCCC2)CCN1C(=O)/C=C/c1ccc(Cl)c(Cl)c1. The Morgan fingerprint density at radius 3 is 2.50 bits per heavy atom. The second-order valence-electron chi connectivity index (χ2n) is 8.15. The van der Waals surface area contributed by atoms with Crippen LogP contribution < -0.4 is 0 Å². The van der Waals surface area contributed by atoms with E-state index in [-0.39, 0.29) is 11.8 Å². The minimum Gasteiger partial charge on any atom is -0.339 e. The van der Waals surface area contributed by atoms with Crippen molar-refractivity contribution in [3.63, 3.8) is 0 Å². The molecule has 2 amide bonds. The van der Waals surface area contributed by atoms with Crippen molar-refractivity contribution in [2.45, 2.75) is 45.1 Å². The van der Waals surface area contributed by atoms with Gasteiger partial charge in [0.15, 0.2) is 0 Å². The Hall–Kier alpha value is -1.56. The standard InChI is InChI=1S/C23H31Cl2N3O2/c1-18-23(30)27(14-6-5-13-26-11-3-2-4-12-26)15-16-28(18)22(29)10-8-19-7-9-20(24)21(25)17-19/h7-10,17-18H,2-6,11-16H2,1H3/b10-8+. The number of piperidine rings is 1. The highest BCUT2D eigenvalue weighted by Gasteiger charge is 2.33. The first-order valence-corrected chi connectivity index (χ1v) is 11.7. The number of hydrogen-bond acceptors (Lipinski definition) is 3. The van der Waals surface area contributed by atoms with Crippen molar-refractivity contribution >= 4 is 41.1 Å². The minimum absolute atomic E-state index is 0.0375. The van der Waals surface area contributed by atoms with Gasteiger partial charge in [-0.2, -0.15) is 0 Å². The Morgan fingerprint density at radius 1 is 1.03 bits per heavy atom. The largest absolute Gasteiger partial charge is 0.339 e. The third kappa shape index (κ3) is 6.22. The molecule has 2 fully saturated rings. The van der Waals surface area contributed by atoms with Gasteiger partial charge in [0.05, 0.1) is 10.0 Å². The van der Waals surface area contributed by atoms with E-state index in [1.807, 2.05) is 11.8 Å². The van der Waals surface area contributed by atoms with Gasteiger partial charge in [0.1, 0.15) is 6.04 Å². The molecule has 0 N–H and O–H groups in total. The van der Waals surface area contributed by atoms with Crippen molar-refractivity contribution in [3.05, 3.63) is 39.9 Å². The molecule has 7 heteroatoms. The summed E-state index contributed by atoms with van der Waals surface area (Å²) < 4.78 is 0. The van der Waals surface area contributed by atoms with Gasteiger partial charge in [-0.05, 0) is 76.0 Å². The Labute approximate surface area is 189 Å². The monoisotopic (exact) mass is 451 g/mol. The molecule has 0 aliphatic carbocycles. The van der Waals surface area contributed by atoms with Crippen molar-refractivity contribution in [2.75, 3.05) is 39.3 Å². The number of carbonyl (C=O) groups is 2. The lowest BCUT2D eigenvalue weighted by Crippen LogP contribution is -2.57. The van der Waals surface area contributed by atoms with E-state index in [0.29, 0.717) is 23.1 Å². The van der Waals surface area contributed by atoms with E-state index in [1.54, 1.807) is 29.2 Å². The third-order valence-electron chi connectivity index (χ3n) is 5.99. The fourth-order valence-electron chi connectivity index (χ4n) is 4.15. The molecule has 30 heavy (non-hydrogen) atoms. The Balaban J connectivity index is 1.45. The van der Waals surface area contributed by atoms with E-state index in [9.17, 15) is 9.59 Å². The summed E-state index contributed by atoms with van der Waals surface area (Å²) in [5.41, 5.74) is 0.795. The normalized spacial score (nSPS) is 20.9. The number of rotatable bonds is 7. The maximum Gasteiger partial charge on any atom is 0.247 e. The zero-order valence-corrected chi connectivity index (χ0v) is 19.2. The van der Waals surface area contributed by atoms with Crippen molar-refractivity contribution in [2.24, 2.45) is 0 Å². The number of hydrogen-bond donors (Lipinski definition) is 0. The summed E-state index contributed by atoms with van der Waals surface area (Å²) in [5, 5.41) is 0.926. The number of halogens is 2. The van der Waals surface area contributed by atoms with Gasteiger partial charge in [-0.25, -0.2) is 0 Å². The van der Waals surface area contributed by atoms with Crippen LogP contribution in [-0.4, -0.2) is 71.8 Å². The van der Waals surface area contributed by atoms with E-state index in [0.717, 1.165) is 31.5 Å². The Bertz CT molecular complexity index is 778. The lowest BCUT2D eigenvalue weighted by Gasteiger charge is -2.38. The molecule has 5 nitrogen and oxygen atoms in total. The molecule has 164 valence electrons. The molecular weight excluding hydrogens is 421 g/mol. The molecule has 0 radical (unpaired) electrons. The van der Waals surface area contributed by atoms with E-state index in [1.165, 1.54) is 38.4 Å². The second-order valence-corrected chi connectivity index (χ2v) is 8.96. The van der Waals surface area contributed by atoms with Crippen LogP contribution in [0.5, 0.6) is 0 Å². The first-order valence-electron chi connectivity index (χ1n) is 10.9. The molecule has 2 heterocycles. The maximum atomic E-state index is 12.8. The predicted molar refractivity (Wildman–Crippen MR) is 123 cm³/mol. The topological polar surface area (TPSA) is 43.9 Å². The smallest absolute Gasteiger partial charge is 0.247 e. The number of unbranched alkanes of at least 4 members (excludes halogenated alkanes) is 1. The minimum atomic E-state index is -0.438. The van der Waals surface area contributed by atoms with Crippen molar-refractivity contribution in [1.82, 2.24) is 14.7 Å². The van der Waals surface area contributed by atoms with Crippen LogP contribution >= 0.6 is 23.2 Å². The van der Waals surface area contributed by atoms with Crippen LogP contribution in [0.25, 0.3) is 6.08 Å². The molecule has 0 saturated carbocycles. The van der Waals surface area contributed by atoms with Gasteiger partial charge in [0.25, 0.3) is 0 Å². The predicted octanol–water partition coefficient (Wildman–Crippen LogP) is 4.33. The van der Waals surface area contributed by atoms with Gasteiger partial charge in [-0.1, -0.05) is 35.7 Å². The lowest BCUT2D eigenvalue weighted by molar-refractivity contribution is -0.148. The zero-order chi connectivity index (χ0) is 21.5. The number of amides is 2. The molecule has 3 rings (SSSR count). The van der Waals surface area contributed by atoms with Crippen LogP contribution in [0, 0.1) is 0 Å². The fraction of sp³-hybridized carbons (Fsp3) is 0.565.